The first-order valence-corrected chi connectivity index (χ1v) is 4.38. The number of hydrogen-bond acceptors (Lipinski definition) is 2. The van der Waals surface area contributed by atoms with Crippen LogP contribution in [0, 0.1) is 0 Å². The topological polar surface area (TPSA) is 21.6 Å². The Morgan fingerprint density at radius 3 is 1.92 bits per heavy atom. The molecular weight excluding hydrogens is 150 g/mol. The summed E-state index contributed by atoms with van der Waals surface area (Å²) in [7, 11) is 0. The van der Waals surface area contributed by atoms with Crippen LogP contribution in [0.5, 0.6) is 0 Å². The minimum Gasteiger partial charge on any atom is -0.370 e. The fourth-order valence-corrected chi connectivity index (χ4v) is 0.598. The third-order valence-corrected chi connectivity index (χ3v) is 1.07. The van der Waals surface area contributed by atoms with E-state index >= 15 is 0 Å². The van der Waals surface area contributed by atoms with Gasteiger partial charge in [-0.1, -0.05) is 0 Å². The van der Waals surface area contributed by atoms with Crippen molar-refractivity contribution in [1.29, 1.82) is 0 Å². The molecule has 0 rings (SSSR count). The van der Waals surface area contributed by atoms with Crippen molar-refractivity contribution in [3.05, 3.63) is 0 Å². The van der Waals surface area contributed by atoms with Crippen molar-refractivity contribution in [2.24, 2.45) is 4.99 Å². The highest BCUT2D eigenvalue weighted by atomic mass is 16.5. The van der Waals surface area contributed by atoms with Crippen molar-refractivity contribution in [2.75, 3.05) is 6.61 Å². The normalized spacial score (nSPS) is 14.2. The van der Waals surface area contributed by atoms with Crippen molar-refractivity contribution in [3.63, 3.8) is 0 Å². The minimum atomic E-state index is -0.0656. The maximum Gasteiger partial charge on any atom is 0.0821 e. The Kier molecular flexibility index (Phi) is 3.91. The van der Waals surface area contributed by atoms with Gasteiger partial charge in [0.15, 0.2) is 0 Å². The van der Waals surface area contributed by atoms with Gasteiger partial charge in [0, 0.05) is 6.21 Å². The van der Waals surface area contributed by atoms with E-state index in [1.807, 2.05) is 27.0 Å². The number of nitrogens with zero attached hydrogens (tertiary/aromatic N) is 1. The summed E-state index contributed by atoms with van der Waals surface area (Å²) >= 11 is 0. The maximum absolute atomic E-state index is 5.48. The van der Waals surface area contributed by atoms with Gasteiger partial charge in [0.25, 0.3) is 0 Å². The van der Waals surface area contributed by atoms with Gasteiger partial charge in [0.2, 0.25) is 0 Å². The molecule has 0 atom stereocenters. The predicted octanol–water partition coefficient (Wildman–Crippen LogP) is 2.67. The smallest absolute Gasteiger partial charge is 0.0821 e. The lowest BCUT2D eigenvalue weighted by molar-refractivity contribution is 0.0227. The van der Waals surface area contributed by atoms with Gasteiger partial charge in [-0.15, -0.1) is 0 Å². The molecule has 0 N–H and O–H groups in total. The van der Waals surface area contributed by atoms with Crippen LogP contribution in [0.1, 0.15) is 41.5 Å². The van der Waals surface area contributed by atoms with E-state index < -0.39 is 0 Å². The van der Waals surface area contributed by atoms with E-state index in [2.05, 4.69) is 25.8 Å². The lowest BCUT2D eigenvalue weighted by Gasteiger charge is -2.18. The molecular formula is C10H21NO. The molecule has 0 radical (unpaired) electrons. The van der Waals surface area contributed by atoms with E-state index in [0.29, 0.717) is 6.61 Å². The SMILES string of the molecule is CC(C)(C)/N=C\COC(C)(C)C. The van der Waals surface area contributed by atoms with E-state index in [-0.39, 0.29) is 11.1 Å². The van der Waals surface area contributed by atoms with Gasteiger partial charge in [-0.05, 0) is 41.5 Å². The third-order valence-electron chi connectivity index (χ3n) is 1.07. The van der Waals surface area contributed by atoms with Gasteiger partial charge in [-0.3, -0.25) is 4.99 Å². The van der Waals surface area contributed by atoms with Crippen LogP contribution in [-0.4, -0.2) is 24.0 Å². The Bertz CT molecular complexity index is 148. The number of ether oxygens (including phenoxy) is 1. The molecule has 2 nitrogen and oxygen atoms in total. The van der Waals surface area contributed by atoms with Gasteiger partial charge in [-0.2, -0.15) is 0 Å². The van der Waals surface area contributed by atoms with Crippen molar-refractivity contribution in [2.45, 2.75) is 52.7 Å². The Morgan fingerprint density at radius 1 is 1.08 bits per heavy atom. The molecule has 0 aliphatic carbocycles. The zero-order chi connectivity index (χ0) is 9.83. The lowest BCUT2D eigenvalue weighted by Crippen LogP contribution is -2.21. The molecule has 0 heterocycles. The van der Waals surface area contributed by atoms with Crippen LogP contribution in [0.15, 0.2) is 4.99 Å². The van der Waals surface area contributed by atoms with Gasteiger partial charge in [0.1, 0.15) is 0 Å². The fourth-order valence-electron chi connectivity index (χ4n) is 0.598. The summed E-state index contributed by atoms with van der Waals surface area (Å²) in [6, 6.07) is 0. The molecule has 0 saturated carbocycles. The molecule has 0 aliphatic rings. The second kappa shape index (κ2) is 4.04. The average molecular weight is 171 g/mol. The molecule has 0 amide bonds. The Labute approximate surface area is 76.0 Å². The van der Waals surface area contributed by atoms with Crippen LogP contribution < -0.4 is 0 Å². The summed E-state index contributed by atoms with van der Waals surface area (Å²) in [6.45, 7) is 12.9. The monoisotopic (exact) mass is 171 g/mol. The van der Waals surface area contributed by atoms with E-state index in [9.17, 15) is 0 Å². The van der Waals surface area contributed by atoms with E-state index in [1.165, 1.54) is 0 Å². The van der Waals surface area contributed by atoms with E-state index in [0.717, 1.165) is 0 Å². The summed E-state index contributed by atoms with van der Waals surface area (Å²) < 4.78 is 5.48. The van der Waals surface area contributed by atoms with Crippen LogP contribution >= 0.6 is 0 Å². The summed E-state index contributed by atoms with van der Waals surface area (Å²) in [5.41, 5.74) is -0.0504. The van der Waals surface area contributed by atoms with Gasteiger partial charge in [0.05, 0.1) is 17.7 Å². The maximum atomic E-state index is 5.48. The summed E-state index contributed by atoms with van der Waals surface area (Å²) in [5.74, 6) is 0. The first-order valence-electron chi connectivity index (χ1n) is 4.38. The van der Waals surface area contributed by atoms with E-state index in [4.69, 9.17) is 4.74 Å². The Morgan fingerprint density at radius 2 is 1.58 bits per heavy atom. The van der Waals surface area contributed by atoms with Crippen LogP contribution in [0.4, 0.5) is 0 Å². The number of rotatable bonds is 2. The molecule has 0 aromatic rings. The highest BCUT2D eigenvalue weighted by Gasteiger charge is 2.09. The molecule has 0 bridgehead atoms. The van der Waals surface area contributed by atoms with Gasteiger partial charge >= 0.3 is 0 Å². The molecule has 0 aliphatic heterocycles. The number of hydrogen-bond donors (Lipinski definition) is 0. The van der Waals surface area contributed by atoms with Crippen LogP contribution in [0.2, 0.25) is 0 Å². The quantitative estimate of drug-likeness (QED) is 0.585. The minimum absolute atomic E-state index is 0.0151. The molecule has 0 unspecified atom stereocenters. The van der Waals surface area contributed by atoms with Crippen LogP contribution in [-0.2, 0) is 4.74 Å². The first kappa shape index (κ1) is 11.6. The highest BCUT2D eigenvalue weighted by molar-refractivity contribution is 5.59. The standard InChI is InChI=1S/C10H21NO/c1-9(2,3)11-7-8-12-10(4,5)6/h7H,8H2,1-6H3/b11-7-. The third kappa shape index (κ3) is 9.63. The van der Waals surface area contributed by atoms with Crippen LogP contribution in [0.25, 0.3) is 0 Å². The predicted molar refractivity (Wildman–Crippen MR) is 54.0 cm³/mol. The van der Waals surface area contributed by atoms with Crippen molar-refractivity contribution < 1.29 is 4.74 Å². The highest BCUT2D eigenvalue weighted by Crippen LogP contribution is 2.07. The van der Waals surface area contributed by atoms with Crippen molar-refractivity contribution in [3.8, 4) is 0 Å². The molecule has 12 heavy (non-hydrogen) atoms. The largest absolute Gasteiger partial charge is 0.370 e. The molecule has 72 valence electrons. The van der Waals surface area contributed by atoms with E-state index in [1.54, 1.807) is 0 Å². The number of aliphatic imine (C=N–C) groups is 1. The zero-order valence-electron chi connectivity index (χ0n) is 9.14. The first-order chi connectivity index (χ1) is 5.21. The average Bonchev–Trinajstić information content (AvgIpc) is 1.76. The van der Waals surface area contributed by atoms with Crippen molar-refractivity contribution >= 4 is 6.21 Å². The second-order valence-corrected chi connectivity index (χ2v) is 4.91. The van der Waals surface area contributed by atoms with Crippen molar-refractivity contribution in [1.82, 2.24) is 0 Å². The summed E-state index contributed by atoms with van der Waals surface area (Å²) in [4.78, 5) is 4.31. The molecule has 0 spiro atoms. The molecule has 2 heteroatoms. The molecule has 0 saturated heterocycles. The zero-order valence-corrected chi connectivity index (χ0v) is 9.14. The molecule has 0 aromatic heterocycles. The molecule has 0 fully saturated rings. The fraction of sp³-hybridized carbons (Fsp3) is 0.900. The van der Waals surface area contributed by atoms with Crippen LogP contribution in [0.3, 0.4) is 0 Å². The summed E-state index contributed by atoms with van der Waals surface area (Å²) in [6.07, 6.45) is 1.84. The Hall–Kier alpha value is -0.370. The van der Waals surface area contributed by atoms with Gasteiger partial charge < -0.3 is 4.74 Å². The lowest BCUT2D eigenvalue weighted by atomic mass is 10.1. The Balaban J connectivity index is 3.64. The summed E-state index contributed by atoms with van der Waals surface area (Å²) in [5, 5.41) is 0. The second-order valence-electron chi connectivity index (χ2n) is 4.91. The molecule has 0 aromatic carbocycles. The van der Waals surface area contributed by atoms with Gasteiger partial charge in [-0.25, -0.2) is 0 Å².